The molecule has 2 fully saturated rings. The van der Waals surface area contributed by atoms with Crippen LogP contribution in [0, 0.1) is 0 Å². The van der Waals surface area contributed by atoms with Crippen molar-refractivity contribution in [3.05, 3.63) is 0 Å². The van der Waals surface area contributed by atoms with Gasteiger partial charge < -0.3 is 15.3 Å². The molecule has 2 saturated heterocycles. The van der Waals surface area contributed by atoms with Crippen LogP contribution in [0.2, 0.25) is 0 Å². The number of rotatable bonds is 1. The molecule has 0 aliphatic carbocycles. The molecule has 0 aromatic carbocycles. The number of aliphatic hydroxyl groups is 3. The molecule has 0 radical (unpaired) electrons. The molecule has 0 aromatic heterocycles. The van der Waals surface area contributed by atoms with Gasteiger partial charge in [-0.15, -0.1) is 0 Å². The molecule has 0 aromatic rings. The highest BCUT2D eigenvalue weighted by atomic mass is 16.4. The molecule has 0 bridgehead atoms. The van der Waals surface area contributed by atoms with E-state index in [2.05, 4.69) is 21.3 Å². The first-order valence-electron chi connectivity index (χ1n) is 4.70. The van der Waals surface area contributed by atoms with Gasteiger partial charge in [0.05, 0.1) is 0 Å². The Balaban J connectivity index is 2.19. The van der Waals surface area contributed by atoms with Crippen molar-refractivity contribution in [3.8, 4) is 0 Å². The lowest BCUT2D eigenvalue weighted by atomic mass is 10.0. The average Bonchev–Trinajstić information content (AvgIpc) is 2.59. The number of piperazine rings is 1. The number of hydrogen-bond donors (Lipinski definition) is 7. The van der Waals surface area contributed by atoms with E-state index in [1.54, 1.807) is 0 Å². The Bertz CT molecular complexity index is 221. The number of aliphatic hydroxyl groups excluding tert-OH is 1. The molecule has 82 valence electrons. The van der Waals surface area contributed by atoms with Crippen LogP contribution in [0.1, 0.15) is 0 Å². The maximum Gasteiger partial charge on any atom is 0.220 e. The van der Waals surface area contributed by atoms with Gasteiger partial charge in [0.1, 0.15) is 0 Å². The Morgan fingerprint density at radius 2 is 1.50 bits per heavy atom. The summed E-state index contributed by atoms with van der Waals surface area (Å²) in [5, 5.41) is 40.5. The Morgan fingerprint density at radius 1 is 0.929 bits per heavy atom. The molecular formula is C7H16N4O3. The normalized spacial score (nSPS) is 42.6. The van der Waals surface area contributed by atoms with Crippen LogP contribution in [0.3, 0.4) is 0 Å². The van der Waals surface area contributed by atoms with Crippen LogP contribution in [-0.4, -0.2) is 59.3 Å². The minimum Gasteiger partial charge on any atom is -0.374 e. The van der Waals surface area contributed by atoms with Gasteiger partial charge in [0.2, 0.25) is 11.6 Å². The zero-order valence-corrected chi connectivity index (χ0v) is 7.75. The predicted molar refractivity (Wildman–Crippen MR) is 47.9 cm³/mol. The van der Waals surface area contributed by atoms with Crippen molar-refractivity contribution < 1.29 is 15.3 Å². The van der Waals surface area contributed by atoms with Gasteiger partial charge in [0, 0.05) is 26.2 Å². The summed E-state index contributed by atoms with van der Waals surface area (Å²) in [6.45, 7) is 2.08. The largest absolute Gasteiger partial charge is 0.374 e. The van der Waals surface area contributed by atoms with Crippen molar-refractivity contribution in [2.24, 2.45) is 0 Å². The van der Waals surface area contributed by atoms with Crippen molar-refractivity contribution in [1.29, 1.82) is 0 Å². The van der Waals surface area contributed by atoms with E-state index in [1.165, 1.54) is 0 Å². The predicted octanol–water partition coefficient (Wildman–Crippen LogP) is -3.97. The fraction of sp³-hybridized carbons (Fsp3) is 1.00. The lowest BCUT2D eigenvalue weighted by molar-refractivity contribution is -0.250. The standard InChI is InChI=1S/C7H16N4O3/c12-5-6(13,9-2-1-8-5)7(14)10-3-4-11-7/h5,8-14H,1-4H2. The van der Waals surface area contributed by atoms with E-state index in [-0.39, 0.29) is 0 Å². The van der Waals surface area contributed by atoms with Crippen molar-refractivity contribution in [1.82, 2.24) is 21.3 Å². The minimum atomic E-state index is -1.82. The van der Waals surface area contributed by atoms with Crippen LogP contribution in [0.4, 0.5) is 0 Å². The molecular weight excluding hydrogens is 188 g/mol. The van der Waals surface area contributed by atoms with Crippen LogP contribution in [0.25, 0.3) is 0 Å². The van der Waals surface area contributed by atoms with Crippen molar-refractivity contribution >= 4 is 0 Å². The number of hydrogen-bond acceptors (Lipinski definition) is 7. The molecule has 7 heteroatoms. The molecule has 2 unspecified atom stereocenters. The minimum absolute atomic E-state index is 0.471. The van der Waals surface area contributed by atoms with Gasteiger partial charge in [-0.1, -0.05) is 0 Å². The van der Waals surface area contributed by atoms with Gasteiger partial charge in [0.15, 0.2) is 6.23 Å². The number of nitrogens with one attached hydrogen (secondary N) is 4. The summed E-state index contributed by atoms with van der Waals surface area (Å²) >= 11 is 0. The lowest BCUT2D eigenvalue weighted by Gasteiger charge is -2.46. The van der Waals surface area contributed by atoms with Gasteiger partial charge in [-0.25, -0.2) is 0 Å². The molecule has 2 heterocycles. The van der Waals surface area contributed by atoms with E-state index in [0.29, 0.717) is 26.2 Å². The molecule has 14 heavy (non-hydrogen) atoms. The van der Waals surface area contributed by atoms with Crippen LogP contribution in [0.5, 0.6) is 0 Å². The zero-order chi connectivity index (χ0) is 10.2. The summed E-state index contributed by atoms with van der Waals surface area (Å²) in [6.07, 6.45) is -1.22. The summed E-state index contributed by atoms with van der Waals surface area (Å²) in [6, 6.07) is 0. The van der Waals surface area contributed by atoms with E-state index in [1.807, 2.05) is 0 Å². The van der Waals surface area contributed by atoms with E-state index in [4.69, 9.17) is 0 Å². The van der Waals surface area contributed by atoms with Crippen LogP contribution in [0.15, 0.2) is 0 Å². The van der Waals surface area contributed by atoms with E-state index >= 15 is 0 Å². The third kappa shape index (κ3) is 1.34. The highest BCUT2D eigenvalue weighted by Crippen LogP contribution is 2.21. The quantitative estimate of drug-likeness (QED) is 0.233. The molecule has 0 saturated carbocycles. The van der Waals surface area contributed by atoms with E-state index in [9.17, 15) is 15.3 Å². The second-order valence-electron chi connectivity index (χ2n) is 3.61. The van der Waals surface area contributed by atoms with E-state index < -0.39 is 17.8 Å². The van der Waals surface area contributed by atoms with Crippen LogP contribution >= 0.6 is 0 Å². The molecule has 7 N–H and O–H groups in total. The third-order valence-electron chi connectivity index (χ3n) is 2.69. The maximum absolute atomic E-state index is 10.1. The fourth-order valence-corrected chi connectivity index (χ4v) is 1.85. The van der Waals surface area contributed by atoms with Crippen molar-refractivity contribution in [2.45, 2.75) is 17.8 Å². The highest BCUT2D eigenvalue weighted by Gasteiger charge is 2.56. The lowest BCUT2D eigenvalue weighted by Crippen LogP contribution is -2.81. The molecule has 0 amide bonds. The Hall–Kier alpha value is -0.280. The fourth-order valence-electron chi connectivity index (χ4n) is 1.85. The summed E-state index contributed by atoms with van der Waals surface area (Å²) in [5.41, 5.74) is -1.82. The summed E-state index contributed by atoms with van der Waals surface area (Å²) in [4.78, 5) is 0. The topological polar surface area (TPSA) is 109 Å². The SMILES string of the molecule is OC1NCCNC1(O)C1(O)NCCN1. The van der Waals surface area contributed by atoms with Crippen molar-refractivity contribution in [2.75, 3.05) is 26.2 Å². The second kappa shape index (κ2) is 3.38. The highest BCUT2D eigenvalue weighted by molar-refractivity contribution is 5.03. The van der Waals surface area contributed by atoms with E-state index in [0.717, 1.165) is 0 Å². The summed E-state index contributed by atoms with van der Waals surface area (Å²) < 4.78 is 0. The van der Waals surface area contributed by atoms with Crippen molar-refractivity contribution in [3.63, 3.8) is 0 Å². The molecule has 2 aliphatic heterocycles. The summed E-state index contributed by atoms with van der Waals surface area (Å²) in [7, 11) is 0. The third-order valence-corrected chi connectivity index (χ3v) is 2.69. The van der Waals surface area contributed by atoms with Crippen LogP contribution in [-0.2, 0) is 0 Å². The smallest absolute Gasteiger partial charge is 0.220 e. The van der Waals surface area contributed by atoms with Gasteiger partial charge in [-0.3, -0.25) is 21.3 Å². The molecule has 0 spiro atoms. The Kier molecular flexibility index (Phi) is 2.48. The van der Waals surface area contributed by atoms with Gasteiger partial charge in [-0.2, -0.15) is 0 Å². The monoisotopic (exact) mass is 204 g/mol. The van der Waals surface area contributed by atoms with Gasteiger partial charge in [0.25, 0.3) is 0 Å². The first kappa shape index (κ1) is 10.2. The molecule has 7 nitrogen and oxygen atoms in total. The molecule has 2 aliphatic rings. The molecule has 2 atom stereocenters. The second-order valence-corrected chi connectivity index (χ2v) is 3.61. The Labute approximate surface area is 81.5 Å². The first-order valence-corrected chi connectivity index (χ1v) is 4.70. The Morgan fingerprint density at radius 3 is 2.07 bits per heavy atom. The van der Waals surface area contributed by atoms with Crippen LogP contribution < -0.4 is 21.3 Å². The summed E-state index contributed by atoms with van der Waals surface area (Å²) in [5.74, 6) is -1.69. The first-order chi connectivity index (χ1) is 6.58. The molecule has 2 rings (SSSR count). The van der Waals surface area contributed by atoms with Gasteiger partial charge in [-0.05, 0) is 0 Å². The van der Waals surface area contributed by atoms with Gasteiger partial charge >= 0.3 is 0 Å². The zero-order valence-electron chi connectivity index (χ0n) is 7.75. The maximum atomic E-state index is 10.1. The average molecular weight is 204 g/mol.